The summed E-state index contributed by atoms with van der Waals surface area (Å²) in [6.07, 6.45) is 0. The summed E-state index contributed by atoms with van der Waals surface area (Å²) in [5, 5.41) is 3.32. The SMILES string of the molecule is Cc1sc2nc(S[C@@H](C)C(=O)N3CCNC3=O)n(CC(C)C)c(=O)c2c1C. The number of amides is 3. The highest BCUT2D eigenvalue weighted by Gasteiger charge is 2.31. The molecule has 146 valence electrons. The van der Waals surface area contributed by atoms with Crippen molar-refractivity contribution in [1.29, 1.82) is 0 Å². The lowest BCUT2D eigenvalue weighted by atomic mass is 10.2. The molecule has 3 rings (SSSR count). The summed E-state index contributed by atoms with van der Waals surface area (Å²) in [6, 6.07) is -0.361. The molecular weight excluding hydrogens is 384 g/mol. The van der Waals surface area contributed by atoms with Crippen LogP contribution in [0.25, 0.3) is 10.2 Å². The van der Waals surface area contributed by atoms with Gasteiger partial charge in [0.15, 0.2) is 5.16 Å². The van der Waals surface area contributed by atoms with Crippen molar-refractivity contribution in [2.45, 2.75) is 51.6 Å². The van der Waals surface area contributed by atoms with Crippen molar-refractivity contribution in [1.82, 2.24) is 19.8 Å². The number of carbonyl (C=O) groups is 2. The van der Waals surface area contributed by atoms with Crippen molar-refractivity contribution >= 4 is 45.3 Å². The van der Waals surface area contributed by atoms with E-state index in [9.17, 15) is 14.4 Å². The van der Waals surface area contributed by atoms with Gasteiger partial charge in [0.2, 0.25) is 5.91 Å². The molecule has 3 amide bonds. The molecule has 0 aromatic carbocycles. The van der Waals surface area contributed by atoms with Crippen molar-refractivity contribution in [2.75, 3.05) is 13.1 Å². The van der Waals surface area contributed by atoms with Crippen molar-refractivity contribution in [3.05, 3.63) is 20.8 Å². The molecule has 9 heteroatoms. The Morgan fingerprint density at radius 2 is 2.00 bits per heavy atom. The Kier molecular flexibility index (Phi) is 5.62. The van der Waals surface area contributed by atoms with E-state index in [-0.39, 0.29) is 23.4 Å². The smallest absolute Gasteiger partial charge is 0.324 e. The van der Waals surface area contributed by atoms with Gasteiger partial charge >= 0.3 is 6.03 Å². The highest BCUT2D eigenvalue weighted by molar-refractivity contribution is 8.00. The van der Waals surface area contributed by atoms with E-state index in [1.54, 1.807) is 11.5 Å². The molecule has 1 saturated heterocycles. The molecule has 27 heavy (non-hydrogen) atoms. The molecule has 7 nitrogen and oxygen atoms in total. The molecule has 0 radical (unpaired) electrons. The minimum atomic E-state index is -0.515. The van der Waals surface area contributed by atoms with E-state index in [2.05, 4.69) is 5.32 Å². The van der Waals surface area contributed by atoms with Crippen LogP contribution in [-0.2, 0) is 11.3 Å². The number of nitrogens with zero attached hydrogens (tertiary/aromatic N) is 3. The molecule has 3 heterocycles. The lowest BCUT2D eigenvalue weighted by Gasteiger charge is -2.19. The molecular formula is C18H24N4O3S2. The summed E-state index contributed by atoms with van der Waals surface area (Å²) in [5.74, 6) is -0.00399. The minimum absolute atomic E-state index is 0.0587. The summed E-state index contributed by atoms with van der Waals surface area (Å²) in [7, 11) is 0. The monoisotopic (exact) mass is 408 g/mol. The van der Waals surface area contributed by atoms with E-state index in [0.717, 1.165) is 10.4 Å². The Morgan fingerprint density at radius 3 is 2.59 bits per heavy atom. The fourth-order valence-corrected chi connectivity index (χ4v) is 5.09. The number of carbonyl (C=O) groups excluding carboxylic acids is 2. The van der Waals surface area contributed by atoms with Gasteiger partial charge in [0.1, 0.15) is 4.83 Å². The Balaban J connectivity index is 2.00. The molecule has 0 aliphatic carbocycles. The van der Waals surface area contributed by atoms with Gasteiger partial charge in [-0.3, -0.25) is 19.1 Å². The number of imide groups is 1. The predicted octanol–water partition coefficient (Wildman–Crippen LogP) is 2.76. The van der Waals surface area contributed by atoms with E-state index in [1.165, 1.54) is 28.0 Å². The van der Waals surface area contributed by atoms with E-state index < -0.39 is 5.25 Å². The second-order valence-corrected chi connectivity index (χ2v) is 9.66. The maximum atomic E-state index is 13.1. The van der Waals surface area contributed by atoms with Gasteiger partial charge in [0.05, 0.1) is 10.6 Å². The standard InChI is InChI=1S/C18H24N4O3S2/c1-9(2)8-22-16(24)13-10(3)11(4)26-14(13)20-18(22)27-12(5)15(23)21-7-6-19-17(21)25/h9,12H,6-8H2,1-5H3,(H,19,25)/t12-/m0/s1. The van der Waals surface area contributed by atoms with Gasteiger partial charge in [-0.2, -0.15) is 0 Å². The molecule has 2 aromatic heterocycles. The maximum Gasteiger partial charge on any atom is 0.324 e. The first-order chi connectivity index (χ1) is 12.7. The Bertz CT molecular complexity index is 964. The second-order valence-electron chi connectivity index (χ2n) is 7.15. The van der Waals surface area contributed by atoms with E-state index in [1.807, 2.05) is 27.7 Å². The zero-order valence-corrected chi connectivity index (χ0v) is 17.8. The van der Waals surface area contributed by atoms with Crippen LogP contribution in [0.5, 0.6) is 0 Å². The van der Waals surface area contributed by atoms with Crippen LogP contribution in [0.2, 0.25) is 0 Å². The number of urea groups is 1. The summed E-state index contributed by atoms with van der Waals surface area (Å²) in [6.45, 7) is 11.1. The molecule has 1 atom stereocenters. The largest absolute Gasteiger partial charge is 0.336 e. The average Bonchev–Trinajstić information content (AvgIpc) is 3.14. The van der Waals surface area contributed by atoms with Crippen molar-refractivity contribution in [2.24, 2.45) is 5.92 Å². The Morgan fingerprint density at radius 1 is 1.30 bits per heavy atom. The summed E-state index contributed by atoms with van der Waals surface area (Å²) in [5.41, 5.74) is 0.913. The highest BCUT2D eigenvalue weighted by Crippen LogP contribution is 2.30. The van der Waals surface area contributed by atoms with Gasteiger partial charge in [-0.25, -0.2) is 9.78 Å². The quantitative estimate of drug-likeness (QED) is 0.607. The third kappa shape index (κ3) is 3.75. The lowest BCUT2D eigenvalue weighted by molar-refractivity contribution is -0.126. The van der Waals surface area contributed by atoms with Gasteiger partial charge in [0, 0.05) is 24.5 Å². The number of thiophene rings is 1. The van der Waals surface area contributed by atoms with E-state index in [0.29, 0.717) is 35.0 Å². The van der Waals surface area contributed by atoms with Crippen LogP contribution in [-0.4, -0.2) is 44.7 Å². The van der Waals surface area contributed by atoms with Crippen LogP contribution in [0.1, 0.15) is 31.2 Å². The first-order valence-electron chi connectivity index (χ1n) is 8.97. The molecule has 2 aromatic rings. The first-order valence-corrected chi connectivity index (χ1v) is 10.7. The number of thioether (sulfide) groups is 1. The van der Waals surface area contributed by atoms with Crippen LogP contribution in [0.3, 0.4) is 0 Å². The fraction of sp³-hybridized carbons (Fsp3) is 0.556. The molecule has 1 fully saturated rings. The minimum Gasteiger partial charge on any atom is -0.336 e. The fourth-order valence-electron chi connectivity index (χ4n) is 3.03. The number of rotatable bonds is 5. The summed E-state index contributed by atoms with van der Waals surface area (Å²) < 4.78 is 1.67. The Hall–Kier alpha value is -1.87. The third-order valence-electron chi connectivity index (χ3n) is 4.55. The van der Waals surface area contributed by atoms with Crippen molar-refractivity contribution in [3.8, 4) is 0 Å². The van der Waals surface area contributed by atoms with Gasteiger partial charge in [-0.1, -0.05) is 25.6 Å². The molecule has 1 aliphatic rings. The number of aromatic nitrogens is 2. The highest BCUT2D eigenvalue weighted by atomic mass is 32.2. The third-order valence-corrected chi connectivity index (χ3v) is 6.73. The summed E-state index contributed by atoms with van der Waals surface area (Å²) >= 11 is 2.74. The van der Waals surface area contributed by atoms with Crippen LogP contribution < -0.4 is 10.9 Å². The van der Waals surface area contributed by atoms with Crippen LogP contribution >= 0.6 is 23.1 Å². The van der Waals surface area contributed by atoms with E-state index >= 15 is 0 Å². The van der Waals surface area contributed by atoms with Gasteiger partial charge < -0.3 is 5.32 Å². The first kappa shape index (κ1) is 19.9. The number of hydrogen-bond donors (Lipinski definition) is 1. The van der Waals surface area contributed by atoms with Gasteiger partial charge in [0.25, 0.3) is 5.56 Å². The van der Waals surface area contributed by atoms with Gasteiger partial charge in [-0.05, 0) is 32.3 Å². The lowest BCUT2D eigenvalue weighted by Crippen LogP contribution is -2.39. The average molecular weight is 409 g/mol. The number of fused-ring (bicyclic) bond motifs is 1. The molecule has 0 unspecified atom stereocenters. The van der Waals surface area contributed by atoms with E-state index in [4.69, 9.17) is 4.98 Å². The predicted molar refractivity (Wildman–Crippen MR) is 109 cm³/mol. The maximum absolute atomic E-state index is 13.1. The molecule has 1 N–H and O–H groups in total. The zero-order chi connectivity index (χ0) is 19.9. The number of nitrogens with one attached hydrogen (secondary N) is 1. The molecule has 0 bridgehead atoms. The molecule has 0 saturated carbocycles. The van der Waals surface area contributed by atoms with Crippen LogP contribution in [0.4, 0.5) is 4.79 Å². The normalized spacial score (nSPS) is 15.6. The second kappa shape index (κ2) is 7.63. The van der Waals surface area contributed by atoms with Gasteiger partial charge in [-0.15, -0.1) is 11.3 Å². The summed E-state index contributed by atoms with van der Waals surface area (Å²) in [4.78, 5) is 45.3. The zero-order valence-electron chi connectivity index (χ0n) is 16.2. The number of aryl methyl sites for hydroxylation is 2. The number of hydrogen-bond acceptors (Lipinski definition) is 6. The Labute approximate surface area is 166 Å². The van der Waals surface area contributed by atoms with Crippen LogP contribution in [0.15, 0.2) is 9.95 Å². The topological polar surface area (TPSA) is 84.3 Å². The molecule has 1 aliphatic heterocycles. The van der Waals surface area contributed by atoms with Crippen molar-refractivity contribution < 1.29 is 9.59 Å². The van der Waals surface area contributed by atoms with Crippen molar-refractivity contribution in [3.63, 3.8) is 0 Å². The molecule has 0 spiro atoms. The van der Waals surface area contributed by atoms with Crippen LogP contribution in [0, 0.1) is 19.8 Å².